The monoisotopic (exact) mass is 499 g/mol. The number of nitrogens with one attached hydrogen (secondary N) is 1. The van der Waals surface area contributed by atoms with Crippen LogP contribution >= 0.6 is 23.1 Å². The van der Waals surface area contributed by atoms with Crippen LogP contribution < -0.4 is 10.9 Å². The SMILES string of the molecule is COC(=O)c1c(NC(=O)CSc2nc3ccccc3c(=O)n2CC(C)C)sc2c1CCCCC2. The number of ether oxygens (including phenoxy) is 1. The summed E-state index contributed by atoms with van der Waals surface area (Å²) in [5.74, 6) is -0.334. The number of aryl methyl sites for hydroxylation is 1. The molecule has 1 aromatic carbocycles. The molecule has 1 aliphatic carbocycles. The highest BCUT2D eigenvalue weighted by atomic mass is 32.2. The van der Waals surface area contributed by atoms with Crippen molar-refractivity contribution in [2.45, 2.75) is 57.7 Å². The molecule has 7 nitrogen and oxygen atoms in total. The number of methoxy groups -OCH3 is 1. The minimum Gasteiger partial charge on any atom is -0.465 e. The minimum atomic E-state index is -0.413. The third-order valence-corrected chi connectivity index (χ3v) is 7.95. The summed E-state index contributed by atoms with van der Waals surface area (Å²) in [6.07, 6.45) is 4.98. The third kappa shape index (κ3) is 5.20. The standard InChI is InChI=1S/C25H29N3O4S2/c1-15(2)13-28-23(30)16-9-7-8-11-18(16)26-25(28)33-14-20(29)27-22-21(24(31)32-3)17-10-5-4-6-12-19(17)34-22/h7-9,11,15H,4-6,10,12-14H2,1-3H3,(H,27,29). The second-order valence-corrected chi connectivity index (χ2v) is 10.9. The molecule has 0 unspecified atom stereocenters. The van der Waals surface area contributed by atoms with E-state index in [-0.39, 0.29) is 23.1 Å². The molecule has 9 heteroatoms. The van der Waals surface area contributed by atoms with Crippen molar-refractivity contribution in [3.05, 3.63) is 50.6 Å². The van der Waals surface area contributed by atoms with Crippen molar-refractivity contribution in [2.24, 2.45) is 5.92 Å². The van der Waals surface area contributed by atoms with Crippen LogP contribution in [0.3, 0.4) is 0 Å². The lowest BCUT2D eigenvalue weighted by Gasteiger charge is -2.15. The molecule has 0 radical (unpaired) electrons. The molecule has 0 spiro atoms. The second-order valence-electron chi connectivity index (χ2n) is 8.82. The highest BCUT2D eigenvalue weighted by Gasteiger charge is 2.26. The Balaban J connectivity index is 1.57. The van der Waals surface area contributed by atoms with E-state index >= 15 is 0 Å². The number of thioether (sulfide) groups is 1. The summed E-state index contributed by atoms with van der Waals surface area (Å²) < 4.78 is 6.67. The molecule has 0 fully saturated rings. The van der Waals surface area contributed by atoms with Gasteiger partial charge in [0, 0.05) is 11.4 Å². The zero-order valence-electron chi connectivity index (χ0n) is 19.7. The average molecular weight is 500 g/mol. The van der Waals surface area contributed by atoms with E-state index in [2.05, 4.69) is 10.3 Å². The average Bonchev–Trinajstić information content (AvgIpc) is 2.99. The quantitative estimate of drug-likeness (QED) is 0.215. The second kappa shape index (κ2) is 10.7. The van der Waals surface area contributed by atoms with Crippen molar-refractivity contribution in [1.82, 2.24) is 9.55 Å². The predicted octanol–water partition coefficient (Wildman–Crippen LogP) is 4.90. The van der Waals surface area contributed by atoms with Crippen LogP contribution in [0.5, 0.6) is 0 Å². The zero-order chi connectivity index (χ0) is 24.2. The van der Waals surface area contributed by atoms with Crippen LogP contribution in [0, 0.1) is 5.92 Å². The fraction of sp³-hybridized carbons (Fsp3) is 0.440. The number of nitrogens with zero attached hydrogens (tertiary/aromatic N) is 2. The molecule has 0 saturated heterocycles. The summed E-state index contributed by atoms with van der Waals surface area (Å²) >= 11 is 2.70. The first-order valence-corrected chi connectivity index (χ1v) is 13.3. The Morgan fingerprint density at radius 1 is 1.21 bits per heavy atom. The van der Waals surface area contributed by atoms with Gasteiger partial charge in [-0.3, -0.25) is 14.2 Å². The summed E-state index contributed by atoms with van der Waals surface area (Å²) in [6.45, 7) is 4.60. The van der Waals surface area contributed by atoms with E-state index in [1.54, 1.807) is 10.6 Å². The Morgan fingerprint density at radius 3 is 2.74 bits per heavy atom. The first-order chi connectivity index (χ1) is 16.4. The molecule has 0 bridgehead atoms. The van der Waals surface area contributed by atoms with Gasteiger partial charge in [0.05, 0.1) is 29.3 Å². The number of para-hydroxylation sites is 1. The number of anilines is 1. The molecule has 1 aliphatic rings. The number of carbonyl (C=O) groups is 2. The van der Waals surface area contributed by atoms with Crippen molar-refractivity contribution < 1.29 is 14.3 Å². The molecule has 34 heavy (non-hydrogen) atoms. The van der Waals surface area contributed by atoms with Gasteiger partial charge in [-0.05, 0) is 49.3 Å². The Labute approximate surface area is 206 Å². The first-order valence-electron chi connectivity index (χ1n) is 11.5. The number of benzene rings is 1. The molecule has 180 valence electrons. The Kier molecular flexibility index (Phi) is 7.73. The van der Waals surface area contributed by atoms with E-state index in [9.17, 15) is 14.4 Å². The molecule has 1 amide bonds. The van der Waals surface area contributed by atoms with Crippen LogP contribution in [-0.2, 0) is 28.9 Å². The number of amides is 1. The van der Waals surface area contributed by atoms with Gasteiger partial charge in [0.25, 0.3) is 5.56 Å². The summed E-state index contributed by atoms with van der Waals surface area (Å²) in [5.41, 5.74) is 2.02. The zero-order valence-corrected chi connectivity index (χ0v) is 21.3. The van der Waals surface area contributed by atoms with E-state index in [0.717, 1.165) is 42.5 Å². The Hall–Kier alpha value is -2.65. The summed E-state index contributed by atoms with van der Waals surface area (Å²) in [5, 5.41) is 4.57. The van der Waals surface area contributed by atoms with Crippen LogP contribution in [0.2, 0.25) is 0 Å². The van der Waals surface area contributed by atoms with Crippen LogP contribution in [-0.4, -0.2) is 34.3 Å². The van der Waals surface area contributed by atoms with Gasteiger partial charge in [-0.1, -0.05) is 44.2 Å². The van der Waals surface area contributed by atoms with E-state index in [4.69, 9.17) is 4.74 Å². The van der Waals surface area contributed by atoms with Gasteiger partial charge in [0.2, 0.25) is 5.91 Å². The maximum Gasteiger partial charge on any atom is 0.341 e. The first kappa shape index (κ1) is 24.5. The molecule has 0 saturated carbocycles. The van der Waals surface area contributed by atoms with E-state index < -0.39 is 5.97 Å². The van der Waals surface area contributed by atoms with Gasteiger partial charge >= 0.3 is 5.97 Å². The lowest BCUT2D eigenvalue weighted by atomic mass is 10.1. The maximum atomic E-state index is 13.1. The van der Waals surface area contributed by atoms with Crippen LogP contribution in [0.15, 0.2) is 34.2 Å². The maximum absolute atomic E-state index is 13.1. The normalized spacial score (nSPS) is 13.5. The molecule has 1 N–H and O–H groups in total. The van der Waals surface area contributed by atoms with Crippen molar-refractivity contribution in [3.63, 3.8) is 0 Å². The predicted molar refractivity (Wildman–Crippen MR) is 137 cm³/mol. The third-order valence-electron chi connectivity index (χ3n) is 5.77. The largest absolute Gasteiger partial charge is 0.465 e. The molecule has 3 aromatic rings. The number of fused-ring (bicyclic) bond motifs is 2. The topological polar surface area (TPSA) is 90.3 Å². The van der Waals surface area contributed by atoms with Gasteiger partial charge in [0.15, 0.2) is 5.16 Å². The van der Waals surface area contributed by atoms with Crippen molar-refractivity contribution >= 4 is 50.9 Å². The molecule has 0 aliphatic heterocycles. The molecule has 0 atom stereocenters. The highest BCUT2D eigenvalue weighted by Crippen LogP contribution is 2.38. The van der Waals surface area contributed by atoms with Gasteiger partial charge in [-0.2, -0.15) is 0 Å². The van der Waals surface area contributed by atoms with Crippen LogP contribution in [0.25, 0.3) is 10.9 Å². The number of aromatic nitrogens is 2. The summed E-state index contributed by atoms with van der Waals surface area (Å²) in [4.78, 5) is 44.3. The molecule has 2 heterocycles. The molecule has 2 aromatic heterocycles. The van der Waals surface area contributed by atoms with Crippen LogP contribution in [0.4, 0.5) is 5.00 Å². The molecule has 4 rings (SSSR count). The van der Waals surface area contributed by atoms with Crippen LogP contribution in [0.1, 0.15) is 53.9 Å². The number of hydrogen-bond donors (Lipinski definition) is 1. The van der Waals surface area contributed by atoms with Gasteiger partial charge in [-0.15, -0.1) is 11.3 Å². The number of thiophene rings is 1. The summed E-state index contributed by atoms with van der Waals surface area (Å²) in [7, 11) is 1.37. The molecular formula is C25H29N3O4S2. The number of rotatable bonds is 7. The fourth-order valence-electron chi connectivity index (χ4n) is 4.23. The van der Waals surface area contributed by atoms with E-state index in [0.29, 0.717) is 33.2 Å². The van der Waals surface area contributed by atoms with Crippen molar-refractivity contribution in [1.29, 1.82) is 0 Å². The van der Waals surface area contributed by atoms with Crippen molar-refractivity contribution in [2.75, 3.05) is 18.2 Å². The van der Waals surface area contributed by atoms with Crippen molar-refractivity contribution in [3.8, 4) is 0 Å². The number of esters is 1. The fourth-order valence-corrected chi connectivity index (χ4v) is 6.33. The molecular weight excluding hydrogens is 470 g/mol. The summed E-state index contributed by atoms with van der Waals surface area (Å²) in [6, 6.07) is 7.25. The van der Waals surface area contributed by atoms with Gasteiger partial charge in [-0.25, -0.2) is 9.78 Å². The smallest absolute Gasteiger partial charge is 0.341 e. The minimum absolute atomic E-state index is 0.0755. The van der Waals surface area contributed by atoms with E-state index in [1.807, 2.05) is 32.0 Å². The Bertz CT molecular complexity index is 1280. The Morgan fingerprint density at radius 2 is 1.97 bits per heavy atom. The van der Waals surface area contributed by atoms with Gasteiger partial charge in [0.1, 0.15) is 5.00 Å². The number of hydrogen-bond acceptors (Lipinski definition) is 7. The lowest BCUT2D eigenvalue weighted by molar-refractivity contribution is -0.113. The highest BCUT2D eigenvalue weighted by molar-refractivity contribution is 7.99. The van der Waals surface area contributed by atoms with E-state index in [1.165, 1.54) is 30.2 Å². The lowest BCUT2D eigenvalue weighted by Crippen LogP contribution is -2.26. The number of carbonyl (C=O) groups excluding carboxylic acids is 2. The van der Waals surface area contributed by atoms with Gasteiger partial charge < -0.3 is 10.1 Å².